The number of nitrogens with one attached hydrogen (secondary N) is 3. The Morgan fingerprint density at radius 1 is 0.860 bits per heavy atom. The summed E-state index contributed by atoms with van der Waals surface area (Å²) in [5.74, 6) is 0.516. The Labute approximate surface area is 256 Å². The Morgan fingerprint density at radius 3 is 2.23 bits per heavy atom. The molecule has 0 unspecified atom stereocenters. The van der Waals surface area contributed by atoms with Gasteiger partial charge in [0, 0.05) is 29.4 Å². The van der Waals surface area contributed by atoms with Crippen molar-refractivity contribution in [1.82, 2.24) is 10.6 Å². The number of anilines is 1. The number of hydrogen-bond acceptors (Lipinski definition) is 7. The number of alkyl carbamates (subject to hydrolysis) is 1. The molecule has 224 valence electrons. The SMILES string of the molecule is CNCCNC(=O)OCc1ccc2ccccc2c1-c1cc(NS(=O)(=O)c2ccc(OC)cc2)c2ccccc2c1O.Cl. The molecule has 0 radical (unpaired) electrons. The minimum Gasteiger partial charge on any atom is -0.507 e. The predicted octanol–water partition coefficient (Wildman–Crippen LogP) is 6.04. The number of benzene rings is 5. The van der Waals surface area contributed by atoms with Gasteiger partial charge >= 0.3 is 6.09 Å². The molecule has 9 nitrogen and oxygen atoms in total. The van der Waals surface area contributed by atoms with Crippen LogP contribution in [0.2, 0.25) is 0 Å². The van der Waals surface area contributed by atoms with Gasteiger partial charge < -0.3 is 25.2 Å². The molecule has 0 fully saturated rings. The molecule has 0 bridgehead atoms. The molecule has 43 heavy (non-hydrogen) atoms. The fourth-order valence-electron chi connectivity index (χ4n) is 4.83. The standard InChI is InChI=1S/C32H31N3O6S.ClH/c1-33-17-18-34-32(37)41-20-22-12-11-21-7-3-4-8-25(21)30(22)28-19-29(26-9-5-6-10-27(26)31(28)36)35-42(38,39)24-15-13-23(40-2)14-16-24;/h3-16,19,33,35-36H,17-18,20H2,1-2H3,(H,34,37);1H. The normalized spacial score (nSPS) is 11.1. The molecule has 0 atom stereocenters. The van der Waals surface area contributed by atoms with E-state index in [1.54, 1.807) is 49.5 Å². The highest BCUT2D eigenvalue weighted by Gasteiger charge is 2.22. The molecule has 0 saturated heterocycles. The van der Waals surface area contributed by atoms with Crippen molar-refractivity contribution in [3.05, 3.63) is 96.6 Å². The average molecular weight is 622 g/mol. The predicted molar refractivity (Wildman–Crippen MR) is 172 cm³/mol. The first-order chi connectivity index (χ1) is 20.3. The van der Waals surface area contributed by atoms with E-state index in [-0.39, 0.29) is 29.7 Å². The van der Waals surface area contributed by atoms with E-state index in [0.29, 0.717) is 52.0 Å². The zero-order valence-electron chi connectivity index (χ0n) is 23.6. The summed E-state index contributed by atoms with van der Waals surface area (Å²) in [6, 6.07) is 26.1. The van der Waals surface area contributed by atoms with E-state index in [0.717, 1.165) is 10.8 Å². The van der Waals surface area contributed by atoms with Crippen LogP contribution in [0, 0.1) is 0 Å². The van der Waals surface area contributed by atoms with Crippen molar-refractivity contribution >= 4 is 55.8 Å². The number of rotatable bonds is 10. The van der Waals surface area contributed by atoms with Crippen LogP contribution in [-0.2, 0) is 21.4 Å². The number of fused-ring (bicyclic) bond motifs is 2. The average Bonchev–Trinajstić information content (AvgIpc) is 3.01. The maximum atomic E-state index is 13.5. The van der Waals surface area contributed by atoms with E-state index >= 15 is 0 Å². The smallest absolute Gasteiger partial charge is 0.407 e. The van der Waals surface area contributed by atoms with Gasteiger partial charge in [-0.05, 0) is 59.3 Å². The quantitative estimate of drug-likeness (QED) is 0.111. The lowest BCUT2D eigenvalue weighted by atomic mass is 9.90. The third kappa shape index (κ3) is 6.77. The van der Waals surface area contributed by atoms with E-state index < -0.39 is 16.1 Å². The summed E-state index contributed by atoms with van der Waals surface area (Å²) in [4.78, 5) is 12.4. The van der Waals surface area contributed by atoms with Crippen LogP contribution in [-0.4, -0.2) is 46.9 Å². The topological polar surface area (TPSA) is 126 Å². The summed E-state index contributed by atoms with van der Waals surface area (Å²) in [6.45, 7) is 0.935. The van der Waals surface area contributed by atoms with Crippen molar-refractivity contribution < 1.29 is 27.8 Å². The second kappa shape index (κ2) is 13.6. The molecule has 11 heteroatoms. The number of ether oxygens (including phenoxy) is 2. The van der Waals surface area contributed by atoms with E-state index in [4.69, 9.17) is 9.47 Å². The van der Waals surface area contributed by atoms with Gasteiger partial charge in [-0.2, -0.15) is 0 Å². The van der Waals surface area contributed by atoms with Crippen LogP contribution in [0.4, 0.5) is 10.5 Å². The maximum absolute atomic E-state index is 13.5. The second-order valence-corrected chi connectivity index (χ2v) is 11.3. The Hall–Kier alpha value is -4.51. The number of aromatic hydroxyl groups is 1. The summed E-state index contributed by atoms with van der Waals surface area (Å²) in [5, 5.41) is 19.9. The molecule has 5 aromatic rings. The monoisotopic (exact) mass is 621 g/mol. The Bertz CT molecular complexity index is 1860. The molecule has 4 N–H and O–H groups in total. The van der Waals surface area contributed by atoms with Crippen molar-refractivity contribution in [2.45, 2.75) is 11.5 Å². The van der Waals surface area contributed by atoms with Crippen LogP contribution in [0.25, 0.3) is 32.7 Å². The zero-order valence-corrected chi connectivity index (χ0v) is 25.2. The van der Waals surface area contributed by atoms with Gasteiger partial charge in [-0.3, -0.25) is 4.72 Å². The highest BCUT2D eigenvalue weighted by Crippen LogP contribution is 2.44. The highest BCUT2D eigenvalue weighted by molar-refractivity contribution is 7.92. The van der Waals surface area contributed by atoms with E-state index in [2.05, 4.69) is 15.4 Å². The Kier molecular flexibility index (Phi) is 9.97. The first-order valence-electron chi connectivity index (χ1n) is 13.3. The number of likely N-dealkylation sites (N-methyl/N-ethyl adjacent to an activating group) is 1. The van der Waals surface area contributed by atoms with Crippen LogP contribution in [0.3, 0.4) is 0 Å². The highest BCUT2D eigenvalue weighted by atomic mass is 35.5. The fraction of sp³-hybridized carbons (Fsp3) is 0.156. The van der Waals surface area contributed by atoms with Gasteiger partial charge in [0.25, 0.3) is 10.0 Å². The molecule has 1 amide bonds. The van der Waals surface area contributed by atoms with Crippen LogP contribution in [0.1, 0.15) is 5.56 Å². The first-order valence-corrected chi connectivity index (χ1v) is 14.8. The summed E-state index contributed by atoms with van der Waals surface area (Å²) >= 11 is 0. The molecule has 5 aromatic carbocycles. The molecule has 0 aliphatic carbocycles. The number of phenolic OH excluding ortho intramolecular Hbond substituents is 1. The van der Waals surface area contributed by atoms with Crippen molar-refractivity contribution in [3.63, 3.8) is 0 Å². The minimum atomic E-state index is -4.00. The molecular formula is C32H32ClN3O6S. The van der Waals surface area contributed by atoms with E-state index in [9.17, 15) is 18.3 Å². The number of halogens is 1. The number of carbonyl (C=O) groups excluding carboxylic acids is 1. The summed E-state index contributed by atoms with van der Waals surface area (Å²) in [6.07, 6.45) is -0.569. The molecule has 0 spiro atoms. The van der Waals surface area contributed by atoms with Crippen LogP contribution in [0.15, 0.2) is 95.9 Å². The number of sulfonamides is 1. The third-order valence-corrected chi connectivity index (χ3v) is 8.30. The van der Waals surface area contributed by atoms with Gasteiger partial charge in [0.2, 0.25) is 0 Å². The van der Waals surface area contributed by atoms with Gasteiger partial charge in [-0.1, -0.05) is 60.7 Å². The summed E-state index contributed by atoms with van der Waals surface area (Å²) in [7, 11) is -0.701. The minimum absolute atomic E-state index is 0. The van der Waals surface area contributed by atoms with Gasteiger partial charge in [0.1, 0.15) is 18.1 Å². The summed E-state index contributed by atoms with van der Waals surface area (Å²) < 4.78 is 40.3. The number of carbonyl (C=O) groups is 1. The molecule has 0 aromatic heterocycles. The van der Waals surface area contributed by atoms with Crippen LogP contribution in [0.5, 0.6) is 11.5 Å². The van der Waals surface area contributed by atoms with Crippen LogP contribution < -0.4 is 20.1 Å². The largest absolute Gasteiger partial charge is 0.507 e. The number of amides is 1. The van der Waals surface area contributed by atoms with Crippen molar-refractivity contribution in [3.8, 4) is 22.6 Å². The van der Waals surface area contributed by atoms with Crippen molar-refractivity contribution in [1.29, 1.82) is 0 Å². The van der Waals surface area contributed by atoms with Gasteiger partial charge in [-0.15, -0.1) is 12.4 Å². The molecule has 0 heterocycles. The molecule has 0 saturated carbocycles. The van der Waals surface area contributed by atoms with E-state index in [1.165, 1.54) is 19.2 Å². The van der Waals surface area contributed by atoms with E-state index in [1.807, 2.05) is 36.4 Å². The molecule has 0 aliphatic heterocycles. The maximum Gasteiger partial charge on any atom is 0.407 e. The zero-order chi connectivity index (χ0) is 29.7. The molecule has 0 aliphatic rings. The number of phenols is 1. The lowest BCUT2D eigenvalue weighted by Crippen LogP contribution is -2.30. The van der Waals surface area contributed by atoms with Crippen LogP contribution >= 0.6 is 12.4 Å². The van der Waals surface area contributed by atoms with Gasteiger partial charge in [0.05, 0.1) is 17.7 Å². The first kappa shape index (κ1) is 31.4. The molecule has 5 rings (SSSR count). The van der Waals surface area contributed by atoms with Gasteiger partial charge in [0.15, 0.2) is 0 Å². The number of methoxy groups -OCH3 is 1. The summed E-state index contributed by atoms with van der Waals surface area (Å²) in [5.41, 5.74) is 1.96. The number of hydrogen-bond donors (Lipinski definition) is 4. The Morgan fingerprint density at radius 2 is 1.53 bits per heavy atom. The molecular weight excluding hydrogens is 590 g/mol. The Balaban J connectivity index is 0.00000423. The lowest BCUT2D eigenvalue weighted by Gasteiger charge is -2.19. The van der Waals surface area contributed by atoms with Crippen molar-refractivity contribution in [2.75, 3.05) is 32.0 Å². The fourth-order valence-corrected chi connectivity index (χ4v) is 5.90. The van der Waals surface area contributed by atoms with Crippen molar-refractivity contribution in [2.24, 2.45) is 0 Å². The second-order valence-electron chi connectivity index (χ2n) is 9.57. The lowest BCUT2D eigenvalue weighted by molar-refractivity contribution is 0.140. The van der Waals surface area contributed by atoms with Gasteiger partial charge in [-0.25, -0.2) is 13.2 Å². The third-order valence-electron chi connectivity index (χ3n) is 6.92.